The van der Waals surface area contributed by atoms with E-state index in [1.165, 1.54) is 5.70 Å². The first-order valence-electron chi connectivity index (χ1n) is 14.9. The Bertz CT molecular complexity index is 2370. The Labute approximate surface area is 253 Å². The van der Waals surface area contributed by atoms with Gasteiger partial charge < -0.3 is 4.57 Å². The molecule has 0 atom stereocenters. The van der Waals surface area contributed by atoms with E-state index in [1.807, 2.05) is 60.7 Å². The van der Waals surface area contributed by atoms with Crippen molar-refractivity contribution in [2.45, 2.75) is 12.8 Å². The zero-order valence-electron chi connectivity index (χ0n) is 23.8. The van der Waals surface area contributed by atoms with Crippen LogP contribution in [0.15, 0.2) is 133 Å². The van der Waals surface area contributed by atoms with Gasteiger partial charge in [-0.05, 0) is 37.1 Å². The maximum Gasteiger partial charge on any atom is 0.238 e. The first kappa shape index (κ1) is 24.7. The fourth-order valence-corrected chi connectivity index (χ4v) is 6.43. The molecule has 0 saturated carbocycles. The molecule has 4 aromatic carbocycles. The summed E-state index contributed by atoms with van der Waals surface area (Å²) in [5.74, 6) is 1.82. The van der Waals surface area contributed by atoms with Gasteiger partial charge in [-0.25, -0.2) is 9.97 Å². The van der Waals surface area contributed by atoms with Crippen molar-refractivity contribution in [2.75, 3.05) is 0 Å². The van der Waals surface area contributed by atoms with E-state index in [1.54, 1.807) is 0 Å². The fourth-order valence-electron chi connectivity index (χ4n) is 6.43. The summed E-state index contributed by atoms with van der Waals surface area (Å²) in [7, 11) is 0. The second kappa shape index (κ2) is 9.85. The number of fused-ring (bicyclic) bond motifs is 6. The van der Waals surface area contributed by atoms with E-state index in [0.717, 1.165) is 67.8 Å². The van der Waals surface area contributed by atoms with Crippen LogP contribution in [0.1, 0.15) is 12.8 Å². The highest BCUT2D eigenvalue weighted by Crippen LogP contribution is 2.38. The summed E-state index contributed by atoms with van der Waals surface area (Å²) in [5.41, 5.74) is 9.26. The molecule has 9 rings (SSSR count). The summed E-state index contributed by atoms with van der Waals surface area (Å²) in [6.07, 6.45) is 8.59. The molecule has 6 nitrogen and oxygen atoms in total. The van der Waals surface area contributed by atoms with Crippen molar-refractivity contribution in [1.29, 1.82) is 0 Å². The van der Waals surface area contributed by atoms with Crippen molar-refractivity contribution in [3.8, 4) is 28.7 Å². The van der Waals surface area contributed by atoms with Crippen LogP contribution in [0.4, 0.5) is 0 Å². The summed E-state index contributed by atoms with van der Waals surface area (Å²) in [6, 6.07) is 39.4. The van der Waals surface area contributed by atoms with Crippen molar-refractivity contribution < 1.29 is 0 Å². The zero-order chi connectivity index (χ0) is 29.0. The van der Waals surface area contributed by atoms with Crippen LogP contribution in [-0.4, -0.2) is 29.1 Å². The molecule has 4 heterocycles. The Balaban J connectivity index is 1.40. The van der Waals surface area contributed by atoms with Crippen molar-refractivity contribution in [2.24, 2.45) is 0 Å². The minimum absolute atomic E-state index is 0.563. The van der Waals surface area contributed by atoms with Gasteiger partial charge in [0.05, 0.1) is 33.1 Å². The molecule has 0 radical (unpaired) electrons. The molecule has 0 unspecified atom stereocenters. The molecule has 8 aromatic rings. The molecule has 0 bridgehead atoms. The number of pyridine rings is 1. The normalized spacial score (nSPS) is 13.3. The molecule has 1 aliphatic carbocycles. The fraction of sp³-hybridized carbons (Fsp3) is 0.0526. The molecular weight excluding hydrogens is 540 g/mol. The molecule has 0 fully saturated rings. The van der Waals surface area contributed by atoms with Crippen LogP contribution in [0.3, 0.4) is 0 Å². The molecule has 0 aliphatic heterocycles. The second-order valence-electron chi connectivity index (χ2n) is 11.1. The minimum atomic E-state index is 0.563. The Kier molecular flexibility index (Phi) is 5.53. The first-order chi connectivity index (χ1) is 21.8. The standard InChI is InChI=1S/C38H26N6/c1-4-14-25(15-5-1)36-40-37(26-16-6-2-7-17-26)42-38(41-36)44-31-23-13-11-21-29(31)35-33(44)24-32-34(39-35)28-20-10-12-22-30(28)43(32)27-18-8-3-9-19-27/h1-8,10-18,20-24H,9,19H2. The van der Waals surface area contributed by atoms with Gasteiger partial charge in [-0.2, -0.15) is 9.97 Å². The Morgan fingerprint density at radius 3 is 1.64 bits per heavy atom. The third-order valence-corrected chi connectivity index (χ3v) is 8.43. The van der Waals surface area contributed by atoms with Crippen molar-refractivity contribution >= 4 is 49.6 Å². The van der Waals surface area contributed by atoms with Gasteiger partial charge in [0.2, 0.25) is 5.95 Å². The molecule has 208 valence electrons. The minimum Gasteiger partial charge on any atom is -0.311 e. The summed E-state index contributed by atoms with van der Waals surface area (Å²) in [5, 5.41) is 2.21. The summed E-state index contributed by atoms with van der Waals surface area (Å²) in [6.45, 7) is 0. The highest BCUT2D eigenvalue weighted by atomic mass is 15.2. The number of para-hydroxylation sites is 2. The number of hydrogen-bond acceptors (Lipinski definition) is 4. The van der Waals surface area contributed by atoms with Crippen LogP contribution in [0.2, 0.25) is 0 Å². The van der Waals surface area contributed by atoms with Crippen molar-refractivity contribution in [3.63, 3.8) is 0 Å². The lowest BCUT2D eigenvalue weighted by Gasteiger charge is -2.14. The molecule has 44 heavy (non-hydrogen) atoms. The van der Waals surface area contributed by atoms with E-state index in [0.29, 0.717) is 17.6 Å². The monoisotopic (exact) mass is 566 g/mol. The highest BCUT2D eigenvalue weighted by Gasteiger charge is 2.22. The van der Waals surface area contributed by atoms with Crippen molar-refractivity contribution in [3.05, 3.63) is 133 Å². The van der Waals surface area contributed by atoms with E-state index >= 15 is 0 Å². The van der Waals surface area contributed by atoms with Gasteiger partial charge in [-0.1, -0.05) is 109 Å². The van der Waals surface area contributed by atoms with Crippen LogP contribution in [0, 0.1) is 0 Å². The van der Waals surface area contributed by atoms with Gasteiger partial charge in [0, 0.05) is 27.6 Å². The second-order valence-corrected chi connectivity index (χ2v) is 11.1. The smallest absolute Gasteiger partial charge is 0.238 e. The van der Waals surface area contributed by atoms with E-state index in [2.05, 4.69) is 82.0 Å². The molecule has 0 N–H and O–H groups in total. The average molecular weight is 567 g/mol. The molecule has 0 spiro atoms. The lowest BCUT2D eigenvalue weighted by Crippen LogP contribution is -2.06. The summed E-state index contributed by atoms with van der Waals surface area (Å²) in [4.78, 5) is 20.5. The maximum atomic E-state index is 5.40. The predicted octanol–water partition coefficient (Wildman–Crippen LogP) is 9.00. The quantitative estimate of drug-likeness (QED) is 0.213. The third kappa shape index (κ3) is 3.81. The van der Waals surface area contributed by atoms with E-state index in [4.69, 9.17) is 19.9 Å². The summed E-state index contributed by atoms with van der Waals surface area (Å²) < 4.78 is 4.52. The van der Waals surface area contributed by atoms with Gasteiger partial charge in [-0.15, -0.1) is 0 Å². The lowest BCUT2D eigenvalue weighted by molar-refractivity contribution is 0.952. The molecule has 1 aliphatic rings. The van der Waals surface area contributed by atoms with Gasteiger partial charge in [0.25, 0.3) is 0 Å². The van der Waals surface area contributed by atoms with Gasteiger partial charge in [0.1, 0.15) is 0 Å². The van der Waals surface area contributed by atoms with Crippen LogP contribution in [-0.2, 0) is 0 Å². The maximum absolute atomic E-state index is 5.40. The van der Waals surface area contributed by atoms with Gasteiger partial charge in [-0.3, -0.25) is 4.57 Å². The van der Waals surface area contributed by atoms with Crippen molar-refractivity contribution in [1.82, 2.24) is 29.1 Å². The molecular formula is C38H26N6. The molecule has 6 heteroatoms. The number of rotatable bonds is 4. The lowest BCUT2D eigenvalue weighted by atomic mass is 10.1. The van der Waals surface area contributed by atoms with Crippen LogP contribution >= 0.6 is 0 Å². The SMILES string of the molecule is C1=CCCC(n2c3ccccc3c3nc4c5ccccc5n(-c5nc(-c6ccccc6)nc(-c6ccccc6)n5)c4cc32)=C1. The predicted molar refractivity (Wildman–Crippen MR) is 178 cm³/mol. The number of nitrogens with zero attached hydrogens (tertiary/aromatic N) is 6. The number of allylic oxidation sites excluding steroid dienone is 4. The summed E-state index contributed by atoms with van der Waals surface area (Å²) >= 11 is 0. The average Bonchev–Trinajstić information content (AvgIpc) is 3.60. The highest BCUT2D eigenvalue weighted by molar-refractivity contribution is 6.15. The van der Waals surface area contributed by atoms with E-state index in [9.17, 15) is 0 Å². The number of benzene rings is 4. The number of hydrogen-bond donors (Lipinski definition) is 0. The number of aromatic nitrogens is 6. The van der Waals surface area contributed by atoms with E-state index < -0.39 is 0 Å². The first-order valence-corrected chi connectivity index (χ1v) is 14.9. The molecule has 0 amide bonds. The van der Waals surface area contributed by atoms with Gasteiger partial charge in [0.15, 0.2) is 11.6 Å². The third-order valence-electron chi connectivity index (χ3n) is 8.43. The molecule has 0 saturated heterocycles. The zero-order valence-corrected chi connectivity index (χ0v) is 23.8. The molecule has 4 aromatic heterocycles. The van der Waals surface area contributed by atoms with Gasteiger partial charge >= 0.3 is 0 Å². The van der Waals surface area contributed by atoms with Crippen LogP contribution in [0.5, 0.6) is 0 Å². The largest absolute Gasteiger partial charge is 0.311 e. The Hall–Kier alpha value is -5.88. The Morgan fingerprint density at radius 2 is 1.05 bits per heavy atom. The van der Waals surface area contributed by atoms with Crippen LogP contribution in [0.25, 0.3) is 78.3 Å². The topological polar surface area (TPSA) is 61.4 Å². The van der Waals surface area contributed by atoms with E-state index in [-0.39, 0.29) is 0 Å². The van der Waals surface area contributed by atoms with Crippen LogP contribution < -0.4 is 0 Å². The Morgan fingerprint density at radius 1 is 0.500 bits per heavy atom.